The Bertz CT molecular complexity index is 614. The monoisotopic (exact) mass is 265 g/mol. The summed E-state index contributed by atoms with van der Waals surface area (Å²) < 4.78 is 0. The van der Waals surface area contributed by atoms with Crippen LogP contribution in [0.5, 0.6) is 0 Å². The number of hydrogen-bond donors (Lipinski definition) is 3. The van der Waals surface area contributed by atoms with Gasteiger partial charge in [0, 0.05) is 16.6 Å². The number of rotatable bonds is 4. The molecule has 0 radical (unpaired) electrons. The molecule has 0 aliphatic carbocycles. The van der Waals surface area contributed by atoms with E-state index in [1.165, 1.54) is 6.07 Å². The van der Waals surface area contributed by atoms with Crippen LogP contribution in [-0.4, -0.2) is 15.9 Å². The molecule has 94 valence electrons. The zero-order valence-electron chi connectivity index (χ0n) is 9.36. The minimum absolute atomic E-state index is 0.0233. The number of thiophene rings is 1. The van der Waals surface area contributed by atoms with Gasteiger partial charge in [0.05, 0.1) is 13.0 Å². The Morgan fingerprint density at radius 2 is 2.17 bits per heavy atom. The van der Waals surface area contributed by atoms with Crippen LogP contribution in [0.2, 0.25) is 0 Å². The first-order chi connectivity index (χ1) is 8.63. The van der Waals surface area contributed by atoms with Crippen molar-refractivity contribution in [2.45, 2.75) is 13.0 Å². The Kier molecular flexibility index (Phi) is 3.73. The first-order valence-electron chi connectivity index (χ1n) is 5.25. The number of amides is 1. The highest BCUT2D eigenvalue weighted by molar-refractivity contribution is 7.09. The van der Waals surface area contributed by atoms with Crippen LogP contribution in [0.4, 0.5) is 0 Å². The Hall–Kier alpha value is -2.15. The van der Waals surface area contributed by atoms with Crippen molar-refractivity contribution in [1.82, 2.24) is 15.3 Å². The van der Waals surface area contributed by atoms with Crippen LogP contribution in [0, 0.1) is 0 Å². The van der Waals surface area contributed by atoms with Gasteiger partial charge in [-0.1, -0.05) is 6.07 Å². The molecule has 18 heavy (non-hydrogen) atoms. The van der Waals surface area contributed by atoms with Crippen molar-refractivity contribution in [2.24, 2.45) is 0 Å². The highest BCUT2D eigenvalue weighted by Gasteiger charge is 2.05. The summed E-state index contributed by atoms with van der Waals surface area (Å²) in [5.74, 6) is -0.246. The molecule has 2 rings (SSSR count). The summed E-state index contributed by atoms with van der Waals surface area (Å²) >= 11 is 1.55. The minimum Gasteiger partial charge on any atom is -0.351 e. The SMILES string of the molecule is O=C(Cc1cc(=O)[nH]c(=O)[nH]1)NCc1cccs1. The lowest BCUT2D eigenvalue weighted by atomic mass is 10.3. The molecular formula is C11H11N3O3S. The zero-order valence-corrected chi connectivity index (χ0v) is 10.2. The van der Waals surface area contributed by atoms with E-state index in [9.17, 15) is 14.4 Å². The average Bonchev–Trinajstić information content (AvgIpc) is 2.77. The third-order valence-electron chi connectivity index (χ3n) is 2.21. The van der Waals surface area contributed by atoms with Crippen LogP contribution < -0.4 is 16.6 Å². The number of H-pyrrole nitrogens is 2. The van der Waals surface area contributed by atoms with Crippen molar-refractivity contribution in [3.8, 4) is 0 Å². The first kappa shape index (κ1) is 12.3. The van der Waals surface area contributed by atoms with E-state index < -0.39 is 11.2 Å². The molecular weight excluding hydrogens is 254 g/mol. The van der Waals surface area contributed by atoms with Crippen LogP contribution in [0.15, 0.2) is 33.2 Å². The fraction of sp³-hybridized carbons (Fsp3) is 0.182. The number of nitrogens with one attached hydrogen (secondary N) is 3. The summed E-state index contributed by atoms with van der Waals surface area (Å²) in [6, 6.07) is 5.02. The predicted molar refractivity (Wildman–Crippen MR) is 67.6 cm³/mol. The maximum absolute atomic E-state index is 11.6. The van der Waals surface area contributed by atoms with Crippen molar-refractivity contribution >= 4 is 17.2 Å². The molecule has 3 N–H and O–H groups in total. The van der Waals surface area contributed by atoms with E-state index in [0.717, 1.165) is 4.88 Å². The van der Waals surface area contributed by atoms with Gasteiger partial charge in [0.2, 0.25) is 5.91 Å². The number of carbonyl (C=O) groups is 1. The second kappa shape index (κ2) is 5.46. The lowest BCUT2D eigenvalue weighted by Gasteiger charge is -2.03. The Morgan fingerprint density at radius 1 is 1.33 bits per heavy atom. The van der Waals surface area contributed by atoms with Gasteiger partial charge in [-0.2, -0.15) is 0 Å². The summed E-state index contributed by atoms with van der Waals surface area (Å²) in [6.07, 6.45) is -0.0233. The van der Waals surface area contributed by atoms with Crippen molar-refractivity contribution < 1.29 is 4.79 Å². The van der Waals surface area contributed by atoms with E-state index in [-0.39, 0.29) is 12.3 Å². The zero-order chi connectivity index (χ0) is 13.0. The van der Waals surface area contributed by atoms with E-state index in [4.69, 9.17) is 0 Å². The minimum atomic E-state index is -0.608. The van der Waals surface area contributed by atoms with E-state index in [1.54, 1.807) is 11.3 Å². The van der Waals surface area contributed by atoms with E-state index in [2.05, 4.69) is 10.3 Å². The Balaban J connectivity index is 1.94. The van der Waals surface area contributed by atoms with Gasteiger partial charge < -0.3 is 10.3 Å². The molecule has 6 nitrogen and oxygen atoms in total. The number of aromatic nitrogens is 2. The van der Waals surface area contributed by atoms with Gasteiger partial charge in [-0.3, -0.25) is 14.6 Å². The lowest BCUT2D eigenvalue weighted by Crippen LogP contribution is -2.28. The van der Waals surface area contributed by atoms with Gasteiger partial charge in [0.15, 0.2) is 0 Å². The molecule has 0 aliphatic rings. The summed E-state index contributed by atoms with van der Waals surface area (Å²) in [6.45, 7) is 0.448. The maximum atomic E-state index is 11.6. The van der Waals surface area contributed by atoms with Crippen LogP contribution in [0.3, 0.4) is 0 Å². The van der Waals surface area contributed by atoms with Crippen molar-refractivity contribution in [1.29, 1.82) is 0 Å². The second-order valence-electron chi connectivity index (χ2n) is 3.65. The van der Waals surface area contributed by atoms with Gasteiger partial charge in [0.1, 0.15) is 0 Å². The van der Waals surface area contributed by atoms with Gasteiger partial charge >= 0.3 is 5.69 Å². The molecule has 0 fully saturated rings. The molecule has 0 atom stereocenters. The lowest BCUT2D eigenvalue weighted by molar-refractivity contribution is -0.120. The van der Waals surface area contributed by atoms with E-state index in [0.29, 0.717) is 12.2 Å². The number of carbonyl (C=O) groups excluding carboxylic acids is 1. The number of hydrogen-bond acceptors (Lipinski definition) is 4. The molecule has 0 aromatic carbocycles. The van der Waals surface area contributed by atoms with Gasteiger partial charge in [-0.25, -0.2) is 4.79 Å². The Labute approximate surface area is 106 Å². The van der Waals surface area contributed by atoms with Crippen LogP contribution in [-0.2, 0) is 17.8 Å². The first-order valence-corrected chi connectivity index (χ1v) is 6.13. The summed E-state index contributed by atoms with van der Waals surface area (Å²) in [5.41, 5.74) is -0.823. The third kappa shape index (κ3) is 3.42. The standard InChI is InChI=1S/C11H11N3O3S/c15-9(12-6-8-2-1-3-18-8)4-7-5-10(16)14-11(17)13-7/h1-3,5H,4,6H2,(H,12,15)(H2,13,14,16,17). The third-order valence-corrected chi connectivity index (χ3v) is 3.08. The molecule has 7 heteroatoms. The summed E-state index contributed by atoms with van der Waals surface area (Å²) in [7, 11) is 0. The molecule has 0 saturated carbocycles. The fourth-order valence-electron chi connectivity index (χ4n) is 1.45. The molecule has 0 spiro atoms. The van der Waals surface area contributed by atoms with Crippen LogP contribution >= 0.6 is 11.3 Å². The van der Waals surface area contributed by atoms with Crippen LogP contribution in [0.1, 0.15) is 10.6 Å². The molecule has 2 heterocycles. The molecule has 0 aliphatic heterocycles. The molecule has 1 amide bonds. The Morgan fingerprint density at radius 3 is 2.83 bits per heavy atom. The van der Waals surface area contributed by atoms with Crippen molar-refractivity contribution in [3.63, 3.8) is 0 Å². The number of aromatic amines is 2. The quantitative estimate of drug-likeness (QED) is 0.725. The summed E-state index contributed by atoms with van der Waals surface area (Å²) in [5, 5.41) is 4.64. The molecule has 0 bridgehead atoms. The fourth-order valence-corrected chi connectivity index (χ4v) is 2.09. The smallest absolute Gasteiger partial charge is 0.325 e. The highest BCUT2D eigenvalue weighted by atomic mass is 32.1. The van der Waals surface area contributed by atoms with Gasteiger partial charge in [0.25, 0.3) is 5.56 Å². The average molecular weight is 265 g/mol. The van der Waals surface area contributed by atoms with Gasteiger partial charge in [-0.05, 0) is 11.4 Å². The molecule has 2 aromatic rings. The normalized spacial score (nSPS) is 10.2. The van der Waals surface area contributed by atoms with E-state index in [1.807, 2.05) is 22.5 Å². The van der Waals surface area contributed by atoms with Crippen molar-refractivity contribution in [2.75, 3.05) is 0 Å². The largest absolute Gasteiger partial charge is 0.351 e. The van der Waals surface area contributed by atoms with Crippen molar-refractivity contribution in [3.05, 3.63) is 55.0 Å². The summed E-state index contributed by atoms with van der Waals surface area (Å²) in [4.78, 5) is 39.1. The molecule has 2 aromatic heterocycles. The highest BCUT2D eigenvalue weighted by Crippen LogP contribution is 2.07. The maximum Gasteiger partial charge on any atom is 0.325 e. The predicted octanol–water partition coefficient (Wildman–Crippen LogP) is -0.0164. The topological polar surface area (TPSA) is 94.8 Å². The van der Waals surface area contributed by atoms with Crippen LogP contribution in [0.25, 0.3) is 0 Å². The molecule has 0 saturated heterocycles. The van der Waals surface area contributed by atoms with E-state index >= 15 is 0 Å². The van der Waals surface area contributed by atoms with Gasteiger partial charge in [-0.15, -0.1) is 11.3 Å². The second-order valence-corrected chi connectivity index (χ2v) is 4.68. The molecule has 0 unspecified atom stereocenters.